The van der Waals surface area contributed by atoms with Crippen LogP contribution in [0.4, 0.5) is 0 Å². The van der Waals surface area contributed by atoms with E-state index >= 15 is 0 Å². The summed E-state index contributed by atoms with van der Waals surface area (Å²) in [6, 6.07) is 15.8. The van der Waals surface area contributed by atoms with Crippen molar-refractivity contribution in [1.82, 2.24) is 4.98 Å². The van der Waals surface area contributed by atoms with E-state index in [0.717, 1.165) is 10.9 Å². The number of para-hydroxylation sites is 1. The summed E-state index contributed by atoms with van der Waals surface area (Å²) < 4.78 is 6.53. The molecule has 93 valence electrons. The van der Waals surface area contributed by atoms with Gasteiger partial charge in [0.15, 0.2) is 5.75 Å². The smallest absolute Gasteiger partial charge is 0.178 e. The molecule has 2 aromatic carbocycles. The Balaban J connectivity index is 2.07. The molecule has 19 heavy (non-hydrogen) atoms. The van der Waals surface area contributed by atoms with Gasteiger partial charge in [0.2, 0.25) is 0 Å². The van der Waals surface area contributed by atoms with Crippen molar-refractivity contribution in [2.45, 2.75) is 0 Å². The number of ether oxygens (including phenoxy) is 1. The number of pyridine rings is 1. The number of halogens is 1. The zero-order valence-corrected chi connectivity index (χ0v) is 11.4. The third-order valence-corrected chi connectivity index (χ3v) is 3.10. The number of benzene rings is 2. The normalized spacial score (nSPS) is 10.6. The second kappa shape index (κ2) is 4.90. The molecular weight excluding hydrogens is 306 g/mol. The van der Waals surface area contributed by atoms with E-state index in [4.69, 9.17) is 4.74 Å². The Morgan fingerprint density at radius 3 is 2.53 bits per heavy atom. The molecule has 0 amide bonds. The molecule has 0 aliphatic carbocycles. The van der Waals surface area contributed by atoms with Crippen molar-refractivity contribution in [2.75, 3.05) is 0 Å². The Bertz CT molecular complexity index is 726. The van der Waals surface area contributed by atoms with E-state index in [2.05, 4.69) is 20.9 Å². The van der Waals surface area contributed by atoms with Crippen LogP contribution in [0.3, 0.4) is 0 Å². The summed E-state index contributed by atoms with van der Waals surface area (Å²) in [5.41, 5.74) is 0.854. The molecule has 1 heterocycles. The monoisotopic (exact) mass is 314 g/mol. The van der Waals surface area contributed by atoms with Gasteiger partial charge in [0.1, 0.15) is 16.1 Å². The highest BCUT2D eigenvalue weighted by molar-refractivity contribution is 9.10. The standard InChI is InChI=1S/C15H9BrNO2/c16-15-9-14(12-3-1-2-4-13(12)17-15)19-11-7-5-10(18)6-8-11/h1-9H. The second-order valence-corrected chi connectivity index (χ2v) is 4.85. The number of aromatic nitrogens is 1. The summed E-state index contributed by atoms with van der Waals surface area (Å²) in [6.45, 7) is 0. The molecule has 0 aliphatic rings. The molecule has 0 saturated carbocycles. The number of nitrogens with zero attached hydrogens (tertiary/aromatic N) is 1. The first-order valence-electron chi connectivity index (χ1n) is 5.72. The Hall–Kier alpha value is -2.07. The lowest BCUT2D eigenvalue weighted by molar-refractivity contribution is 0.354. The maximum atomic E-state index is 11.1. The van der Waals surface area contributed by atoms with Crippen molar-refractivity contribution in [1.29, 1.82) is 0 Å². The van der Waals surface area contributed by atoms with Crippen molar-refractivity contribution in [2.24, 2.45) is 0 Å². The van der Waals surface area contributed by atoms with Gasteiger partial charge in [-0.15, -0.1) is 0 Å². The summed E-state index contributed by atoms with van der Waals surface area (Å²) in [6.07, 6.45) is 0. The summed E-state index contributed by atoms with van der Waals surface area (Å²) in [7, 11) is 0. The van der Waals surface area contributed by atoms with E-state index in [1.54, 1.807) is 12.1 Å². The first-order chi connectivity index (χ1) is 9.22. The highest BCUT2D eigenvalue weighted by Gasteiger charge is 2.06. The van der Waals surface area contributed by atoms with Crippen LogP contribution in [-0.2, 0) is 5.11 Å². The van der Waals surface area contributed by atoms with Crippen LogP contribution < -0.4 is 4.74 Å². The molecule has 0 atom stereocenters. The van der Waals surface area contributed by atoms with Crippen molar-refractivity contribution in [3.63, 3.8) is 0 Å². The molecule has 3 rings (SSSR count). The zero-order valence-electron chi connectivity index (χ0n) is 9.84. The van der Waals surface area contributed by atoms with Crippen LogP contribution in [0.15, 0.2) is 59.2 Å². The summed E-state index contributed by atoms with van der Waals surface area (Å²) in [4.78, 5) is 4.38. The Morgan fingerprint density at radius 1 is 1.00 bits per heavy atom. The van der Waals surface area contributed by atoms with Crippen LogP contribution in [0.5, 0.6) is 17.2 Å². The predicted molar refractivity (Wildman–Crippen MR) is 76.1 cm³/mol. The SMILES string of the molecule is [O]c1ccc(Oc2cc(Br)nc3ccccc23)cc1. The van der Waals surface area contributed by atoms with Crippen LogP contribution in [0.1, 0.15) is 0 Å². The maximum Gasteiger partial charge on any atom is 0.178 e. The average Bonchev–Trinajstić information content (AvgIpc) is 2.41. The molecule has 0 unspecified atom stereocenters. The maximum absolute atomic E-state index is 11.1. The topological polar surface area (TPSA) is 42.0 Å². The minimum Gasteiger partial charge on any atom is -0.457 e. The van der Waals surface area contributed by atoms with E-state index in [1.807, 2.05) is 30.3 Å². The van der Waals surface area contributed by atoms with Gasteiger partial charge in [-0.05, 0) is 52.3 Å². The first kappa shape index (κ1) is 12.0. The molecule has 4 heteroatoms. The number of hydrogen-bond acceptors (Lipinski definition) is 2. The molecule has 3 nitrogen and oxygen atoms in total. The summed E-state index contributed by atoms with van der Waals surface area (Å²) in [5, 5.41) is 12.0. The van der Waals surface area contributed by atoms with Gasteiger partial charge in [0.25, 0.3) is 0 Å². The first-order valence-corrected chi connectivity index (χ1v) is 6.52. The molecule has 0 bridgehead atoms. The number of rotatable bonds is 2. The van der Waals surface area contributed by atoms with Gasteiger partial charge in [-0.2, -0.15) is 0 Å². The molecule has 0 fully saturated rings. The highest BCUT2D eigenvalue weighted by atomic mass is 79.9. The van der Waals surface area contributed by atoms with E-state index in [1.165, 1.54) is 12.1 Å². The molecular formula is C15H9BrNO2. The molecule has 0 saturated heterocycles. The van der Waals surface area contributed by atoms with Crippen LogP contribution in [-0.4, -0.2) is 4.98 Å². The highest BCUT2D eigenvalue weighted by Crippen LogP contribution is 2.31. The Labute approximate surface area is 118 Å². The Kier molecular flexibility index (Phi) is 3.09. The Morgan fingerprint density at radius 2 is 1.74 bits per heavy atom. The van der Waals surface area contributed by atoms with E-state index in [9.17, 15) is 5.11 Å². The van der Waals surface area contributed by atoms with Crippen LogP contribution in [0.2, 0.25) is 0 Å². The summed E-state index contributed by atoms with van der Waals surface area (Å²) in [5.74, 6) is 1.30. The van der Waals surface area contributed by atoms with Crippen LogP contribution >= 0.6 is 15.9 Å². The minimum absolute atomic E-state index is 0.0342. The quantitative estimate of drug-likeness (QED) is 0.629. The van der Waals surface area contributed by atoms with Crippen molar-refractivity contribution in [3.05, 3.63) is 59.2 Å². The van der Waals surface area contributed by atoms with Gasteiger partial charge >= 0.3 is 0 Å². The van der Waals surface area contributed by atoms with Crippen molar-refractivity contribution < 1.29 is 9.84 Å². The fourth-order valence-electron chi connectivity index (χ4n) is 1.83. The minimum atomic E-state index is -0.0342. The molecule has 1 aromatic heterocycles. The van der Waals surface area contributed by atoms with Crippen molar-refractivity contribution >= 4 is 26.8 Å². The fourth-order valence-corrected chi connectivity index (χ4v) is 2.23. The van der Waals surface area contributed by atoms with Gasteiger partial charge in [-0.3, -0.25) is 5.11 Å². The van der Waals surface area contributed by atoms with Gasteiger partial charge in [-0.1, -0.05) is 12.1 Å². The molecule has 1 radical (unpaired) electrons. The average molecular weight is 315 g/mol. The van der Waals surface area contributed by atoms with Crippen molar-refractivity contribution in [3.8, 4) is 17.2 Å². The third kappa shape index (κ3) is 2.53. The largest absolute Gasteiger partial charge is 0.457 e. The lowest BCUT2D eigenvalue weighted by Crippen LogP contribution is -1.88. The summed E-state index contributed by atoms with van der Waals surface area (Å²) >= 11 is 3.37. The van der Waals surface area contributed by atoms with Crippen LogP contribution in [0.25, 0.3) is 10.9 Å². The molecule has 0 aliphatic heterocycles. The van der Waals surface area contributed by atoms with Gasteiger partial charge in [0.05, 0.1) is 5.52 Å². The lowest BCUT2D eigenvalue weighted by atomic mass is 10.2. The van der Waals surface area contributed by atoms with E-state index in [-0.39, 0.29) is 5.75 Å². The zero-order chi connectivity index (χ0) is 13.2. The number of fused-ring (bicyclic) bond motifs is 1. The predicted octanol–water partition coefficient (Wildman–Crippen LogP) is 4.93. The molecule has 0 N–H and O–H groups in total. The second-order valence-electron chi connectivity index (χ2n) is 4.03. The van der Waals surface area contributed by atoms with Crippen LogP contribution in [0, 0.1) is 0 Å². The van der Waals surface area contributed by atoms with E-state index < -0.39 is 0 Å². The third-order valence-electron chi connectivity index (χ3n) is 2.70. The van der Waals surface area contributed by atoms with Gasteiger partial charge in [0, 0.05) is 11.5 Å². The molecule has 0 spiro atoms. The van der Waals surface area contributed by atoms with Gasteiger partial charge < -0.3 is 4.74 Å². The van der Waals surface area contributed by atoms with Gasteiger partial charge in [-0.25, -0.2) is 4.98 Å². The molecule has 3 aromatic rings. The number of hydrogen-bond donors (Lipinski definition) is 0. The van der Waals surface area contributed by atoms with E-state index in [0.29, 0.717) is 16.1 Å². The lowest BCUT2D eigenvalue weighted by Gasteiger charge is -2.09. The fraction of sp³-hybridized carbons (Fsp3) is 0.